The van der Waals surface area contributed by atoms with E-state index in [0.29, 0.717) is 5.92 Å². The molecule has 1 N–H and O–H groups in total. The summed E-state index contributed by atoms with van der Waals surface area (Å²) in [5, 5.41) is 4.26. The maximum Gasteiger partial charge on any atom is 0.131 e. The zero-order valence-corrected chi connectivity index (χ0v) is 16.6. The monoisotopic (exact) mass is 372 g/mol. The topological polar surface area (TPSA) is 41.0 Å². The number of hydrogen-bond acceptors (Lipinski definition) is 4. The Morgan fingerprint density at radius 3 is 2.68 bits per heavy atom. The van der Waals surface area contributed by atoms with Crippen molar-refractivity contribution in [1.29, 1.82) is 0 Å². The van der Waals surface area contributed by atoms with Crippen LogP contribution in [0, 0.1) is 0 Å². The van der Waals surface area contributed by atoms with Crippen LogP contribution in [0.4, 0.5) is 11.5 Å². The van der Waals surface area contributed by atoms with E-state index < -0.39 is 0 Å². The number of nitrogens with one attached hydrogen (secondary N) is 1. The van der Waals surface area contributed by atoms with Crippen molar-refractivity contribution in [2.45, 2.75) is 38.5 Å². The quantitative estimate of drug-likeness (QED) is 0.618. The average molecular weight is 373 g/mol. The second-order valence-electron chi connectivity index (χ2n) is 7.52. The lowest BCUT2D eigenvalue weighted by molar-refractivity contribution is 0.503. The highest BCUT2D eigenvalue weighted by Gasteiger charge is 2.22. The minimum absolute atomic E-state index is 0.641. The molecule has 1 aliphatic rings. The van der Waals surface area contributed by atoms with Crippen LogP contribution in [0.3, 0.4) is 0 Å². The molecule has 3 aromatic rings. The van der Waals surface area contributed by atoms with Crippen LogP contribution in [0.5, 0.6) is 0 Å². The van der Waals surface area contributed by atoms with Gasteiger partial charge in [-0.15, -0.1) is 0 Å². The molecule has 144 valence electrons. The van der Waals surface area contributed by atoms with E-state index in [2.05, 4.69) is 59.0 Å². The Bertz CT molecular complexity index is 940. The second kappa shape index (κ2) is 8.42. The molecule has 1 saturated heterocycles. The third-order valence-electron chi connectivity index (χ3n) is 5.66. The molecule has 2 aromatic heterocycles. The Morgan fingerprint density at radius 2 is 1.96 bits per heavy atom. The molecule has 28 heavy (non-hydrogen) atoms. The van der Waals surface area contributed by atoms with Crippen molar-refractivity contribution in [3.05, 3.63) is 72.7 Å². The first-order valence-corrected chi connectivity index (χ1v) is 10.2. The Balaban J connectivity index is 1.49. The van der Waals surface area contributed by atoms with Crippen LogP contribution in [-0.2, 0) is 6.42 Å². The summed E-state index contributed by atoms with van der Waals surface area (Å²) in [7, 11) is 0. The number of anilines is 2. The van der Waals surface area contributed by atoms with Gasteiger partial charge in [-0.25, -0.2) is 4.98 Å². The Labute approximate surface area is 167 Å². The largest absolute Gasteiger partial charge is 0.362 e. The van der Waals surface area contributed by atoms with Gasteiger partial charge in [0.1, 0.15) is 5.82 Å². The molecule has 0 radical (unpaired) electrons. The number of benzene rings is 1. The SMILES string of the molecule is C=CNc1cc(N2CCC(c3ccc(CCC)cc3)CC2)nc2ccncc12. The van der Waals surface area contributed by atoms with Gasteiger partial charge in [0.2, 0.25) is 0 Å². The van der Waals surface area contributed by atoms with Crippen LogP contribution in [0.1, 0.15) is 43.2 Å². The van der Waals surface area contributed by atoms with Gasteiger partial charge in [0, 0.05) is 36.9 Å². The molecule has 0 aliphatic carbocycles. The van der Waals surface area contributed by atoms with Crippen LogP contribution >= 0.6 is 0 Å². The maximum absolute atomic E-state index is 4.88. The summed E-state index contributed by atoms with van der Waals surface area (Å²) >= 11 is 0. The fraction of sp³-hybridized carbons (Fsp3) is 0.333. The van der Waals surface area contributed by atoms with Gasteiger partial charge in [-0.1, -0.05) is 44.2 Å². The summed E-state index contributed by atoms with van der Waals surface area (Å²) < 4.78 is 0. The van der Waals surface area contributed by atoms with E-state index in [1.165, 1.54) is 24.0 Å². The fourth-order valence-corrected chi connectivity index (χ4v) is 4.13. The summed E-state index contributed by atoms with van der Waals surface area (Å²) in [5.74, 6) is 1.67. The van der Waals surface area contributed by atoms with Gasteiger partial charge < -0.3 is 10.2 Å². The van der Waals surface area contributed by atoms with E-state index in [0.717, 1.165) is 48.3 Å². The van der Waals surface area contributed by atoms with Crippen LogP contribution in [0.2, 0.25) is 0 Å². The van der Waals surface area contributed by atoms with Crippen molar-refractivity contribution >= 4 is 22.4 Å². The first-order chi connectivity index (χ1) is 13.8. The molecular weight excluding hydrogens is 344 g/mol. The predicted octanol–water partition coefficient (Wildman–Crippen LogP) is 5.52. The van der Waals surface area contributed by atoms with E-state index in [1.54, 1.807) is 12.4 Å². The first-order valence-electron chi connectivity index (χ1n) is 10.2. The van der Waals surface area contributed by atoms with Crippen molar-refractivity contribution in [2.24, 2.45) is 0 Å². The molecule has 4 nitrogen and oxygen atoms in total. The summed E-state index contributed by atoms with van der Waals surface area (Å²) in [4.78, 5) is 11.5. The smallest absolute Gasteiger partial charge is 0.131 e. The predicted molar refractivity (Wildman–Crippen MR) is 118 cm³/mol. The summed E-state index contributed by atoms with van der Waals surface area (Å²) in [6, 6.07) is 13.4. The zero-order valence-electron chi connectivity index (χ0n) is 16.6. The number of hydrogen-bond donors (Lipinski definition) is 1. The highest BCUT2D eigenvalue weighted by atomic mass is 15.2. The van der Waals surface area contributed by atoms with E-state index >= 15 is 0 Å². The minimum atomic E-state index is 0.641. The van der Waals surface area contributed by atoms with Crippen LogP contribution in [0.25, 0.3) is 10.9 Å². The second-order valence-corrected chi connectivity index (χ2v) is 7.52. The summed E-state index contributed by atoms with van der Waals surface area (Å²) in [6.45, 7) is 8.09. The molecule has 3 heterocycles. The molecule has 0 atom stereocenters. The van der Waals surface area contributed by atoms with Gasteiger partial charge in [-0.05, 0) is 48.6 Å². The number of aromatic nitrogens is 2. The molecule has 1 aliphatic heterocycles. The molecule has 1 aromatic carbocycles. The number of pyridine rings is 2. The van der Waals surface area contributed by atoms with Gasteiger partial charge in [0.05, 0.1) is 11.2 Å². The van der Waals surface area contributed by atoms with Crippen molar-refractivity contribution in [3.63, 3.8) is 0 Å². The minimum Gasteiger partial charge on any atom is -0.362 e. The fourth-order valence-electron chi connectivity index (χ4n) is 4.13. The van der Waals surface area contributed by atoms with Crippen LogP contribution in [0.15, 0.2) is 61.6 Å². The molecule has 0 spiro atoms. The van der Waals surface area contributed by atoms with Gasteiger partial charge >= 0.3 is 0 Å². The van der Waals surface area contributed by atoms with Crippen molar-refractivity contribution in [1.82, 2.24) is 9.97 Å². The lowest BCUT2D eigenvalue weighted by atomic mass is 9.88. The Kier molecular flexibility index (Phi) is 5.56. The molecule has 1 fully saturated rings. The highest BCUT2D eigenvalue weighted by molar-refractivity contribution is 5.92. The number of piperidine rings is 1. The molecule has 4 rings (SSSR count). The number of rotatable bonds is 6. The number of fused-ring (bicyclic) bond motifs is 1. The van der Waals surface area contributed by atoms with Crippen molar-refractivity contribution in [2.75, 3.05) is 23.3 Å². The molecular formula is C24H28N4. The Hall–Kier alpha value is -2.88. The van der Waals surface area contributed by atoms with E-state index in [-0.39, 0.29) is 0 Å². The third kappa shape index (κ3) is 3.86. The highest BCUT2D eigenvalue weighted by Crippen LogP contribution is 2.32. The van der Waals surface area contributed by atoms with Gasteiger partial charge in [-0.2, -0.15) is 0 Å². The van der Waals surface area contributed by atoms with Gasteiger partial charge in [-0.3, -0.25) is 4.98 Å². The summed E-state index contributed by atoms with van der Waals surface area (Å²) in [6.07, 6.45) is 10.1. The Morgan fingerprint density at radius 1 is 1.18 bits per heavy atom. The maximum atomic E-state index is 4.88. The molecule has 0 unspecified atom stereocenters. The van der Waals surface area contributed by atoms with Crippen LogP contribution < -0.4 is 10.2 Å². The molecule has 0 amide bonds. The molecule has 0 bridgehead atoms. The molecule has 4 heteroatoms. The van der Waals surface area contributed by atoms with Crippen LogP contribution in [-0.4, -0.2) is 23.1 Å². The lowest BCUT2D eigenvalue weighted by Gasteiger charge is -2.33. The third-order valence-corrected chi connectivity index (χ3v) is 5.66. The van der Waals surface area contributed by atoms with E-state index in [9.17, 15) is 0 Å². The molecule has 0 saturated carbocycles. The van der Waals surface area contributed by atoms with Gasteiger partial charge in [0.25, 0.3) is 0 Å². The first kappa shape index (κ1) is 18.5. The lowest BCUT2D eigenvalue weighted by Crippen LogP contribution is -2.33. The normalized spacial score (nSPS) is 15.0. The zero-order chi connectivity index (χ0) is 19.3. The number of aryl methyl sites for hydroxylation is 1. The van der Waals surface area contributed by atoms with Crippen molar-refractivity contribution < 1.29 is 0 Å². The van der Waals surface area contributed by atoms with Gasteiger partial charge in [0.15, 0.2) is 0 Å². The van der Waals surface area contributed by atoms with E-state index in [4.69, 9.17) is 4.98 Å². The van der Waals surface area contributed by atoms with Crippen molar-refractivity contribution in [3.8, 4) is 0 Å². The van der Waals surface area contributed by atoms with E-state index in [1.807, 2.05) is 12.3 Å². The number of nitrogens with zero attached hydrogens (tertiary/aromatic N) is 3. The summed E-state index contributed by atoms with van der Waals surface area (Å²) in [5.41, 5.74) is 4.90. The standard InChI is InChI=1S/C24H28N4/c1-3-5-18-6-8-19(9-7-18)20-11-14-28(15-12-20)24-16-23(26-4-2)21-17-25-13-10-22(21)27-24/h4,6-10,13,16-17,20H,2-3,5,11-12,14-15H2,1H3,(H,26,27). The average Bonchev–Trinajstić information content (AvgIpc) is 2.75.